The largest absolute Gasteiger partial charge is 0.463 e. The van der Waals surface area contributed by atoms with Gasteiger partial charge in [-0.05, 0) is 42.5 Å². The first-order valence-electron chi connectivity index (χ1n) is 8.69. The Bertz CT molecular complexity index is 1300. The van der Waals surface area contributed by atoms with Crippen LogP contribution in [0.1, 0.15) is 10.5 Å². The second-order valence-electron chi connectivity index (χ2n) is 6.17. The van der Waals surface area contributed by atoms with Crippen LogP contribution >= 0.6 is 11.6 Å². The average Bonchev–Trinajstić information content (AvgIpc) is 3.48. The molecule has 8 nitrogen and oxygen atoms in total. The highest BCUT2D eigenvalue weighted by atomic mass is 35.5. The minimum atomic E-state index is -0.381. The molecule has 0 aliphatic heterocycles. The van der Waals surface area contributed by atoms with E-state index in [0.29, 0.717) is 27.9 Å². The lowest BCUT2D eigenvalue weighted by Gasteiger charge is -2.06. The Morgan fingerprint density at radius 1 is 1.07 bits per heavy atom. The summed E-state index contributed by atoms with van der Waals surface area (Å²) in [5.74, 6) is 0.698. The van der Waals surface area contributed by atoms with Gasteiger partial charge in [-0.3, -0.25) is 4.79 Å². The molecule has 4 aromatic heterocycles. The number of hydrogen-bond donors (Lipinski definition) is 1. The number of halogens is 1. The lowest BCUT2D eigenvalue weighted by Crippen LogP contribution is -2.16. The van der Waals surface area contributed by atoms with Crippen molar-refractivity contribution >= 4 is 29.0 Å². The molecule has 29 heavy (non-hydrogen) atoms. The molecule has 1 aromatic carbocycles. The van der Waals surface area contributed by atoms with Crippen molar-refractivity contribution in [3.8, 4) is 17.1 Å². The number of amides is 1. The zero-order chi connectivity index (χ0) is 19.8. The number of carbonyl (C=O) groups is 1. The van der Waals surface area contributed by atoms with Crippen LogP contribution in [0.4, 0.5) is 5.82 Å². The molecule has 1 amide bonds. The van der Waals surface area contributed by atoms with Crippen LogP contribution in [0.25, 0.3) is 22.8 Å². The summed E-state index contributed by atoms with van der Waals surface area (Å²) in [6.07, 6.45) is 4.79. The van der Waals surface area contributed by atoms with E-state index in [9.17, 15) is 4.79 Å². The normalized spacial score (nSPS) is 11.1. The van der Waals surface area contributed by atoms with Gasteiger partial charge in [0.05, 0.1) is 18.1 Å². The summed E-state index contributed by atoms with van der Waals surface area (Å²) in [4.78, 5) is 17.1. The molecular weight excluding hydrogens is 392 g/mol. The van der Waals surface area contributed by atoms with Crippen LogP contribution in [0.3, 0.4) is 0 Å². The van der Waals surface area contributed by atoms with Crippen molar-refractivity contribution in [2.45, 2.75) is 0 Å². The molecule has 9 heteroatoms. The van der Waals surface area contributed by atoms with Crippen LogP contribution in [0, 0.1) is 0 Å². The molecule has 0 bridgehead atoms. The maximum absolute atomic E-state index is 12.9. The van der Waals surface area contributed by atoms with Crippen LogP contribution in [-0.2, 0) is 0 Å². The van der Waals surface area contributed by atoms with E-state index >= 15 is 0 Å². The molecule has 0 aliphatic carbocycles. The smallest absolute Gasteiger partial charge is 0.277 e. The SMILES string of the molecule is O=C(Nc1ccnc2ccnn12)c1cc(-c2ccco2)n(-c2ccc(Cl)cc2)n1. The monoisotopic (exact) mass is 404 g/mol. The zero-order valence-corrected chi connectivity index (χ0v) is 15.6. The minimum absolute atomic E-state index is 0.225. The Labute approximate surface area is 169 Å². The predicted molar refractivity (Wildman–Crippen MR) is 107 cm³/mol. The number of rotatable bonds is 4. The van der Waals surface area contributed by atoms with Crippen molar-refractivity contribution in [1.29, 1.82) is 0 Å². The number of nitrogens with one attached hydrogen (secondary N) is 1. The van der Waals surface area contributed by atoms with Gasteiger partial charge in [-0.2, -0.15) is 14.7 Å². The number of benzene rings is 1. The topological polar surface area (TPSA) is 90.3 Å². The number of fused-ring (bicyclic) bond motifs is 1. The molecule has 0 radical (unpaired) electrons. The van der Waals surface area contributed by atoms with Gasteiger partial charge >= 0.3 is 0 Å². The average molecular weight is 405 g/mol. The zero-order valence-electron chi connectivity index (χ0n) is 14.9. The fourth-order valence-electron chi connectivity index (χ4n) is 2.98. The van der Waals surface area contributed by atoms with Gasteiger partial charge in [-0.25, -0.2) is 9.67 Å². The maximum atomic E-state index is 12.9. The van der Waals surface area contributed by atoms with E-state index in [2.05, 4.69) is 20.5 Å². The maximum Gasteiger partial charge on any atom is 0.277 e. The molecule has 4 heterocycles. The summed E-state index contributed by atoms with van der Waals surface area (Å²) in [6, 6.07) is 15.8. The number of hydrogen-bond acceptors (Lipinski definition) is 5. The summed E-state index contributed by atoms with van der Waals surface area (Å²) in [5, 5.41) is 12.1. The Hall–Kier alpha value is -3.91. The molecular formula is C20H13ClN6O2. The van der Waals surface area contributed by atoms with Crippen molar-refractivity contribution in [3.05, 3.63) is 84.0 Å². The second kappa shape index (κ2) is 6.92. The quantitative estimate of drug-likeness (QED) is 0.487. The third-order valence-corrected chi connectivity index (χ3v) is 4.57. The number of furan rings is 1. The molecule has 142 valence electrons. The minimum Gasteiger partial charge on any atom is -0.463 e. The molecule has 0 spiro atoms. The third kappa shape index (κ3) is 3.15. The van der Waals surface area contributed by atoms with Crippen molar-refractivity contribution in [2.75, 3.05) is 5.32 Å². The van der Waals surface area contributed by atoms with E-state index in [1.165, 1.54) is 0 Å². The molecule has 0 fully saturated rings. The molecule has 0 aliphatic rings. The van der Waals surface area contributed by atoms with Crippen LogP contribution < -0.4 is 5.32 Å². The van der Waals surface area contributed by atoms with E-state index < -0.39 is 0 Å². The molecule has 0 atom stereocenters. The summed E-state index contributed by atoms with van der Waals surface area (Å²) in [5.41, 5.74) is 2.24. The van der Waals surface area contributed by atoms with E-state index in [0.717, 1.165) is 5.69 Å². The van der Waals surface area contributed by atoms with Gasteiger partial charge in [-0.1, -0.05) is 11.6 Å². The van der Waals surface area contributed by atoms with Gasteiger partial charge in [0.2, 0.25) is 0 Å². The van der Waals surface area contributed by atoms with E-state index in [1.54, 1.807) is 70.3 Å². The van der Waals surface area contributed by atoms with Gasteiger partial charge in [0.15, 0.2) is 17.1 Å². The van der Waals surface area contributed by atoms with Gasteiger partial charge < -0.3 is 9.73 Å². The summed E-state index contributed by atoms with van der Waals surface area (Å²) < 4.78 is 8.71. The Morgan fingerprint density at radius 2 is 1.93 bits per heavy atom. The van der Waals surface area contributed by atoms with Crippen molar-refractivity contribution in [1.82, 2.24) is 24.4 Å². The molecule has 1 N–H and O–H groups in total. The summed E-state index contributed by atoms with van der Waals surface area (Å²) in [7, 11) is 0. The lowest BCUT2D eigenvalue weighted by atomic mass is 10.2. The first-order chi connectivity index (χ1) is 14.2. The summed E-state index contributed by atoms with van der Waals surface area (Å²) >= 11 is 6.00. The van der Waals surface area contributed by atoms with E-state index in [1.807, 2.05) is 12.1 Å². The van der Waals surface area contributed by atoms with Gasteiger partial charge in [0.25, 0.3) is 5.91 Å². The standard InChI is InChI=1S/C20H13ClN6O2/c21-13-3-5-14(6-4-13)26-16(17-2-1-11-29-17)12-15(25-26)20(28)24-19-7-9-22-18-8-10-23-27(18)19/h1-12H,(H,24,28). The van der Waals surface area contributed by atoms with Crippen molar-refractivity contribution < 1.29 is 9.21 Å². The molecule has 0 saturated heterocycles. The molecule has 5 aromatic rings. The molecule has 0 saturated carbocycles. The molecule has 0 unspecified atom stereocenters. The van der Waals surface area contributed by atoms with Crippen molar-refractivity contribution in [2.24, 2.45) is 0 Å². The number of nitrogens with zero attached hydrogens (tertiary/aromatic N) is 5. The lowest BCUT2D eigenvalue weighted by molar-refractivity contribution is 0.102. The highest BCUT2D eigenvalue weighted by Gasteiger charge is 2.19. The highest BCUT2D eigenvalue weighted by Crippen LogP contribution is 2.25. The van der Waals surface area contributed by atoms with Crippen LogP contribution in [0.5, 0.6) is 0 Å². The Morgan fingerprint density at radius 3 is 2.72 bits per heavy atom. The Kier molecular flexibility index (Phi) is 4.10. The molecule has 5 rings (SSSR count). The number of aromatic nitrogens is 5. The second-order valence-corrected chi connectivity index (χ2v) is 6.60. The highest BCUT2D eigenvalue weighted by molar-refractivity contribution is 6.30. The van der Waals surface area contributed by atoms with E-state index in [4.69, 9.17) is 16.0 Å². The fraction of sp³-hybridized carbons (Fsp3) is 0. The third-order valence-electron chi connectivity index (χ3n) is 4.32. The van der Waals surface area contributed by atoms with Crippen LogP contribution in [0.2, 0.25) is 5.02 Å². The fourth-order valence-corrected chi connectivity index (χ4v) is 3.11. The predicted octanol–water partition coefficient (Wildman–Crippen LogP) is 4.08. The first-order valence-corrected chi connectivity index (χ1v) is 9.07. The van der Waals surface area contributed by atoms with E-state index in [-0.39, 0.29) is 11.6 Å². The number of carbonyl (C=O) groups excluding carboxylic acids is 1. The summed E-state index contributed by atoms with van der Waals surface area (Å²) in [6.45, 7) is 0. The van der Waals surface area contributed by atoms with Gasteiger partial charge in [0.1, 0.15) is 11.5 Å². The van der Waals surface area contributed by atoms with Crippen LogP contribution in [0.15, 0.2) is 77.7 Å². The van der Waals surface area contributed by atoms with Gasteiger partial charge in [0, 0.05) is 23.4 Å². The van der Waals surface area contributed by atoms with Crippen LogP contribution in [-0.4, -0.2) is 30.3 Å². The van der Waals surface area contributed by atoms with Gasteiger partial charge in [-0.15, -0.1) is 0 Å². The van der Waals surface area contributed by atoms with Crippen molar-refractivity contribution in [3.63, 3.8) is 0 Å². The Balaban J connectivity index is 1.55. The number of anilines is 1. The first kappa shape index (κ1) is 17.2.